The van der Waals surface area contributed by atoms with E-state index in [1.54, 1.807) is 24.3 Å². The molecule has 0 saturated heterocycles. The largest absolute Gasteiger partial charge is 0.494 e. The average molecular weight is 673 g/mol. The first-order valence-corrected chi connectivity index (χ1v) is 15.3. The van der Waals surface area contributed by atoms with E-state index in [0.29, 0.717) is 28.7 Å². The highest BCUT2D eigenvalue weighted by Crippen LogP contribution is 2.42. The maximum Gasteiger partial charge on any atom is 0.338 e. The number of carbonyl (C=O) groups excluding carboxylic acids is 2. The molecule has 1 heterocycles. The Morgan fingerprint density at radius 3 is 2.34 bits per heavy atom. The van der Waals surface area contributed by atoms with Crippen molar-refractivity contribution in [2.24, 2.45) is 0 Å². The second kappa shape index (κ2) is 13.5. The molecular formula is C27H21Cl4N3O5S2. The van der Waals surface area contributed by atoms with Crippen LogP contribution in [-0.4, -0.2) is 39.7 Å². The molecule has 41 heavy (non-hydrogen) atoms. The van der Waals surface area contributed by atoms with Gasteiger partial charge in [-0.15, -0.1) is 11.8 Å². The highest BCUT2D eigenvalue weighted by molar-refractivity contribution is 8.00. The summed E-state index contributed by atoms with van der Waals surface area (Å²) in [6.07, 6.45) is 0.520. The van der Waals surface area contributed by atoms with Crippen LogP contribution in [0.15, 0.2) is 47.4 Å². The summed E-state index contributed by atoms with van der Waals surface area (Å²) in [6.45, 7) is 4.35. The van der Waals surface area contributed by atoms with Crippen molar-refractivity contribution in [1.29, 1.82) is 0 Å². The van der Waals surface area contributed by atoms with E-state index in [9.17, 15) is 19.5 Å². The Balaban J connectivity index is 1.50. The number of thioether (sulfide) groups is 1. The standard InChI is InChI=1S/C27H21Cl4N3O5S2/c1-3-16(24(35)34-27-33-15-9-8-13(39-4-2)11-17(15)41-27)40-14-7-5-6-12(10-14)32-25(36)18-19(26(37)38)21(29)23(31)22(30)20(18)28/h5-11,16H,3-4H2,1-2H3,(H,32,36)(H,37,38)(H,33,34,35). The Morgan fingerprint density at radius 1 is 0.976 bits per heavy atom. The molecule has 8 nitrogen and oxygen atoms in total. The van der Waals surface area contributed by atoms with E-state index in [1.807, 2.05) is 32.0 Å². The number of ether oxygens (including phenoxy) is 1. The molecule has 1 aromatic heterocycles. The molecule has 0 aliphatic heterocycles. The lowest BCUT2D eigenvalue weighted by atomic mass is 10.1. The molecule has 0 aliphatic carbocycles. The lowest BCUT2D eigenvalue weighted by molar-refractivity contribution is -0.115. The summed E-state index contributed by atoms with van der Waals surface area (Å²) in [7, 11) is 0. The highest BCUT2D eigenvalue weighted by atomic mass is 35.5. The summed E-state index contributed by atoms with van der Waals surface area (Å²) >= 11 is 27.0. The summed E-state index contributed by atoms with van der Waals surface area (Å²) in [5.41, 5.74) is 0.0980. The van der Waals surface area contributed by atoms with Gasteiger partial charge in [-0.05, 0) is 49.7 Å². The molecule has 0 spiro atoms. The van der Waals surface area contributed by atoms with Gasteiger partial charge in [-0.1, -0.05) is 70.7 Å². The Bertz CT molecular complexity index is 1660. The zero-order valence-electron chi connectivity index (χ0n) is 21.4. The van der Waals surface area contributed by atoms with Crippen LogP contribution in [0.25, 0.3) is 10.2 Å². The number of amides is 2. The number of aromatic carboxylic acids is 1. The third-order valence-electron chi connectivity index (χ3n) is 5.64. The molecule has 0 bridgehead atoms. The molecule has 2 amide bonds. The number of carboxylic acids is 1. The van der Waals surface area contributed by atoms with Gasteiger partial charge in [-0.3, -0.25) is 9.59 Å². The number of rotatable bonds is 10. The summed E-state index contributed by atoms with van der Waals surface area (Å²) in [6, 6.07) is 12.3. The van der Waals surface area contributed by atoms with Crippen molar-refractivity contribution >= 4 is 108 Å². The maximum absolute atomic E-state index is 13.1. The zero-order valence-corrected chi connectivity index (χ0v) is 26.0. The molecule has 214 valence electrons. The molecule has 0 fully saturated rings. The fourth-order valence-electron chi connectivity index (χ4n) is 3.77. The predicted molar refractivity (Wildman–Crippen MR) is 167 cm³/mol. The number of benzene rings is 3. The van der Waals surface area contributed by atoms with E-state index in [1.165, 1.54) is 23.1 Å². The van der Waals surface area contributed by atoms with Crippen LogP contribution in [0.3, 0.4) is 0 Å². The van der Waals surface area contributed by atoms with Gasteiger partial charge in [0.25, 0.3) is 5.91 Å². The minimum atomic E-state index is -1.50. The number of nitrogens with zero attached hydrogens (tertiary/aromatic N) is 1. The van der Waals surface area contributed by atoms with Crippen molar-refractivity contribution in [1.82, 2.24) is 4.98 Å². The van der Waals surface area contributed by atoms with Crippen LogP contribution in [0.5, 0.6) is 5.75 Å². The van der Waals surface area contributed by atoms with Gasteiger partial charge in [0.05, 0.1) is 53.3 Å². The van der Waals surface area contributed by atoms with E-state index < -0.39 is 33.3 Å². The number of thiazole rings is 1. The number of fused-ring (bicyclic) bond motifs is 1. The van der Waals surface area contributed by atoms with Gasteiger partial charge in [-0.25, -0.2) is 9.78 Å². The minimum absolute atomic E-state index is 0.223. The number of carbonyl (C=O) groups is 3. The molecule has 0 radical (unpaired) electrons. The number of hydrogen-bond acceptors (Lipinski definition) is 7. The monoisotopic (exact) mass is 671 g/mol. The molecule has 3 aromatic carbocycles. The summed E-state index contributed by atoms with van der Waals surface area (Å²) in [5.74, 6) is -1.83. The van der Waals surface area contributed by atoms with Crippen molar-refractivity contribution in [3.05, 3.63) is 73.7 Å². The van der Waals surface area contributed by atoms with Crippen LogP contribution in [0, 0.1) is 0 Å². The summed E-state index contributed by atoms with van der Waals surface area (Å²) in [5, 5.41) is 13.9. The van der Waals surface area contributed by atoms with Crippen LogP contribution in [0.1, 0.15) is 41.0 Å². The highest BCUT2D eigenvalue weighted by Gasteiger charge is 2.29. The predicted octanol–water partition coefficient (Wildman–Crippen LogP) is 8.77. The Labute approximate surface area is 263 Å². The molecule has 14 heteroatoms. The van der Waals surface area contributed by atoms with Crippen LogP contribution < -0.4 is 15.4 Å². The van der Waals surface area contributed by atoms with E-state index in [0.717, 1.165) is 16.0 Å². The third-order valence-corrected chi connectivity index (χ3v) is 9.74. The third kappa shape index (κ3) is 7.02. The molecular weight excluding hydrogens is 652 g/mol. The lowest BCUT2D eigenvalue weighted by Crippen LogP contribution is -2.24. The van der Waals surface area contributed by atoms with Crippen LogP contribution in [-0.2, 0) is 4.79 Å². The van der Waals surface area contributed by atoms with E-state index >= 15 is 0 Å². The van der Waals surface area contributed by atoms with Gasteiger partial charge < -0.3 is 20.5 Å². The van der Waals surface area contributed by atoms with E-state index in [4.69, 9.17) is 51.1 Å². The molecule has 0 aliphatic rings. The first kappa shape index (κ1) is 31.2. The average Bonchev–Trinajstić information content (AvgIpc) is 3.33. The van der Waals surface area contributed by atoms with Gasteiger partial charge in [0.2, 0.25) is 5.91 Å². The smallest absolute Gasteiger partial charge is 0.338 e. The van der Waals surface area contributed by atoms with Crippen molar-refractivity contribution in [3.63, 3.8) is 0 Å². The first-order valence-electron chi connectivity index (χ1n) is 12.1. The van der Waals surface area contributed by atoms with Crippen molar-refractivity contribution in [3.8, 4) is 5.75 Å². The second-order valence-corrected chi connectivity index (χ2v) is 12.2. The Hall–Kier alpha value is -2.73. The lowest BCUT2D eigenvalue weighted by Gasteiger charge is -2.16. The number of halogens is 4. The number of hydrogen-bond donors (Lipinski definition) is 3. The van der Waals surface area contributed by atoms with Crippen LogP contribution in [0.4, 0.5) is 10.8 Å². The fraction of sp³-hybridized carbons (Fsp3) is 0.185. The molecule has 4 rings (SSSR count). The van der Waals surface area contributed by atoms with Crippen molar-refractivity contribution < 1.29 is 24.2 Å². The Morgan fingerprint density at radius 2 is 1.68 bits per heavy atom. The molecule has 3 N–H and O–H groups in total. The normalized spacial score (nSPS) is 11.8. The molecule has 0 saturated carbocycles. The SMILES string of the molecule is CCOc1ccc2nc(NC(=O)C(CC)Sc3cccc(NC(=O)c4c(Cl)c(Cl)c(Cl)c(Cl)c4C(=O)O)c3)sc2c1. The minimum Gasteiger partial charge on any atom is -0.494 e. The second-order valence-electron chi connectivity index (χ2n) is 8.38. The van der Waals surface area contributed by atoms with Crippen LogP contribution >= 0.6 is 69.5 Å². The molecule has 4 aromatic rings. The number of anilines is 2. The van der Waals surface area contributed by atoms with Gasteiger partial charge in [0, 0.05) is 10.6 Å². The van der Waals surface area contributed by atoms with Gasteiger partial charge in [-0.2, -0.15) is 0 Å². The number of carboxylic acid groups (broad SMARTS) is 1. The number of nitrogens with one attached hydrogen (secondary N) is 2. The summed E-state index contributed by atoms with van der Waals surface area (Å²) in [4.78, 5) is 43.2. The van der Waals surface area contributed by atoms with Gasteiger partial charge in [0.15, 0.2) is 5.13 Å². The molecule has 1 unspecified atom stereocenters. The Kier molecular flexibility index (Phi) is 10.3. The topological polar surface area (TPSA) is 118 Å². The van der Waals surface area contributed by atoms with Crippen molar-refractivity contribution in [2.45, 2.75) is 30.4 Å². The van der Waals surface area contributed by atoms with E-state index in [2.05, 4.69) is 15.6 Å². The quantitative estimate of drug-likeness (QED) is 0.0876. The van der Waals surface area contributed by atoms with Gasteiger partial charge >= 0.3 is 5.97 Å². The first-order chi connectivity index (χ1) is 19.5. The summed E-state index contributed by atoms with van der Waals surface area (Å²) < 4.78 is 6.43. The van der Waals surface area contributed by atoms with Crippen molar-refractivity contribution in [2.75, 3.05) is 17.2 Å². The molecule has 1 atom stereocenters. The maximum atomic E-state index is 13.1. The number of aromatic nitrogens is 1. The zero-order chi connectivity index (χ0) is 29.8. The van der Waals surface area contributed by atoms with Crippen LogP contribution in [0.2, 0.25) is 20.1 Å². The van der Waals surface area contributed by atoms with E-state index in [-0.39, 0.29) is 21.0 Å². The van der Waals surface area contributed by atoms with Gasteiger partial charge in [0.1, 0.15) is 5.75 Å². The fourth-order valence-corrected chi connectivity index (χ4v) is 6.70.